The molecule has 2 N–H and O–H groups in total. The van der Waals surface area contributed by atoms with Gasteiger partial charge in [0.25, 0.3) is 11.8 Å². The van der Waals surface area contributed by atoms with Crippen molar-refractivity contribution in [2.75, 3.05) is 12.4 Å². The molecule has 34 heavy (non-hydrogen) atoms. The molecule has 2 aromatic carbocycles. The average molecular weight is 449 g/mol. The first-order valence-electron chi connectivity index (χ1n) is 10.5. The van der Waals surface area contributed by atoms with Crippen LogP contribution in [-0.4, -0.2) is 33.8 Å². The second kappa shape index (κ2) is 8.95. The Morgan fingerprint density at radius 1 is 0.824 bits per heavy atom. The molecule has 0 aliphatic rings. The van der Waals surface area contributed by atoms with Crippen molar-refractivity contribution in [3.8, 4) is 11.5 Å². The predicted molar refractivity (Wildman–Crippen MR) is 129 cm³/mol. The van der Waals surface area contributed by atoms with Gasteiger partial charge in [-0.2, -0.15) is 0 Å². The molecule has 0 spiro atoms. The van der Waals surface area contributed by atoms with Crippen LogP contribution in [0.4, 0.5) is 5.82 Å². The molecule has 0 atom stereocenters. The fraction of sp³-hybridized carbons (Fsp3) is 0.0385. The number of nitrogens with zero attached hydrogens (tertiary/aromatic N) is 3. The van der Waals surface area contributed by atoms with E-state index < -0.39 is 0 Å². The lowest BCUT2D eigenvalue weighted by atomic mass is 10.1. The molecular formula is C26H19N5O3. The van der Waals surface area contributed by atoms with Crippen LogP contribution in [0.3, 0.4) is 0 Å². The summed E-state index contributed by atoms with van der Waals surface area (Å²) in [6, 6.07) is 21.3. The minimum absolute atomic E-state index is 0.257. The molecule has 0 unspecified atom stereocenters. The number of aromatic nitrogens is 3. The molecule has 3 aromatic heterocycles. The number of hydrogen-bond donors (Lipinski definition) is 2. The summed E-state index contributed by atoms with van der Waals surface area (Å²) in [6.45, 7) is 0. The number of nitrogens with one attached hydrogen (secondary N) is 2. The number of carbonyl (C=O) groups is 2. The number of fused-ring (bicyclic) bond motifs is 2. The zero-order valence-corrected chi connectivity index (χ0v) is 18.1. The normalized spacial score (nSPS) is 10.7. The van der Waals surface area contributed by atoms with Crippen molar-refractivity contribution in [2.24, 2.45) is 0 Å². The lowest BCUT2D eigenvalue weighted by Crippen LogP contribution is -2.18. The lowest BCUT2D eigenvalue weighted by Gasteiger charge is -2.11. The van der Waals surface area contributed by atoms with Crippen LogP contribution in [0, 0.1) is 0 Å². The van der Waals surface area contributed by atoms with Gasteiger partial charge in [0.1, 0.15) is 23.0 Å². The molecule has 0 saturated carbocycles. The van der Waals surface area contributed by atoms with Crippen LogP contribution in [0.1, 0.15) is 20.8 Å². The van der Waals surface area contributed by atoms with E-state index in [-0.39, 0.29) is 17.5 Å². The highest BCUT2D eigenvalue weighted by molar-refractivity contribution is 6.06. The Labute approximate surface area is 194 Å². The highest BCUT2D eigenvalue weighted by Gasteiger charge is 2.12. The monoisotopic (exact) mass is 449 g/mol. The van der Waals surface area contributed by atoms with Gasteiger partial charge in [-0.15, -0.1) is 0 Å². The Morgan fingerprint density at radius 2 is 1.74 bits per heavy atom. The molecule has 0 bridgehead atoms. The van der Waals surface area contributed by atoms with Gasteiger partial charge >= 0.3 is 0 Å². The van der Waals surface area contributed by atoms with E-state index >= 15 is 0 Å². The number of rotatable bonds is 5. The summed E-state index contributed by atoms with van der Waals surface area (Å²) >= 11 is 0. The minimum Gasteiger partial charge on any atom is -0.457 e. The molecule has 0 saturated heterocycles. The fourth-order valence-electron chi connectivity index (χ4n) is 3.54. The first kappa shape index (κ1) is 21.0. The molecule has 5 rings (SSSR count). The summed E-state index contributed by atoms with van der Waals surface area (Å²) in [4.78, 5) is 37.5. The van der Waals surface area contributed by atoms with Crippen LogP contribution >= 0.6 is 0 Å². The summed E-state index contributed by atoms with van der Waals surface area (Å²) in [6.07, 6.45) is 3.23. The van der Waals surface area contributed by atoms with Crippen LogP contribution in [0.2, 0.25) is 0 Å². The van der Waals surface area contributed by atoms with E-state index in [1.807, 2.05) is 42.5 Å². The number of carbonyl (C=O) groups excluding carboxylic acids is 2. The van der Waals surface area contributed by atoms with Crippen molar-refractivity contribution in [1.82, 2.24) is 20.3 Å². The van der Waals surface area contributed by atoms with Crippen molar-refractivity contribution >= 4 is 39.4 Å². The Kier molecular flexibility index (Phi) is 5.53. The number of amides is 2. The van der Waals surface area contributed by atoms with Crippen molar-refractivity contribution in [1.29, 1.82) is 0 Å². The number of anilines is 1. The van der Waals surface area contributed by atoms with E-state index in [2.05, 4.69) is 25.6 Å². The smallest absolute Gasteiger partial charge is 0.269 e. The first-order chi connectivity index (χ1) is 16.6. The summed E-state index contributed by atoms with van der Waals surface area (Å²) in [5, 5.41) is 7.03. The topological polar surface area (TPSA) is 106 Å². The maximum atomic E-state index is 12.8. The predicted octanol–water partition coefficient (Wildman–Crippen LogP) is 4.58. The van der Waals surface area contributed by atoms with E-state index in [1.54, 1.807) is 43.6 Å². The summed E-state index contributed by atoms with van der Waals surface area (Å²) in [5.41, 5.74) is 2.25. The zero-order chi connectivity index (χ0) is 23.5. The molecule has 166 valence electrons. The Bertz CT molecular complexity index is 1550. The largest absolute Gasteiger partial charge is 0.457 e. The Balaban J connectivity index is 1.39. The van der Waals surface area contributed by atoms with E-state index in [0.717, 1.165) is 16.3 Å². The van der Waals surface area contributed by atoms with Gasteiger partial charge < -0.3 is 15.4 Å². The third kappa shape index (κ3) is 4.24. The lowest BCUT2D eigenvalue weighted by molar-refractivity contribution is 0.0957. The van der Waals surface area contributed by atoms with Crippen LogP contribution in [0.15, 0.2) is 85.2 Å². The van der Waals surface area contributed by atoms with Gasteiger partial charge in [-0.3, -0.25) is 19.6 Å². The van der Waals surface area contributed by atoms with Gasteiger partial charge in [0.05, 0.1) is 11.0 Å². The quantitative estimate of drug-likeness (QED) is 0.407. The van der Waals surface area contributed by atoms with Gasteiger partial charge in [-0.05, 0) is 54.6 Å². The minimum atomic E-state index is -0.298. The maximum absolute atomic E-state index is 12.8. The maximum Gasteiger partial charge on any atom is 0.269 e. The molecule has 2 amide bonds. The van der Waals surface area contributed by atoms with Gasteiger partial charge in [0, 0.05) is 41.8 Å². The van der Waals surface area contributed by atoms with Crippen molar-refractivity contribution in [3.63, 3.8) is 0 Å². The first-order valence-corrected chi connectivity index (χ1v) is 10.5. The van der Waals surface area contributed by atoms with Gasteiger partial charge in [-0.25, -0.2) is 4.98 Å². The van der Waals surface area contributed by atoms with Crippen LogP contribution in [0.25, 0.3) is 21.8 Å². The number of hydrogen-bond acceptors (Lipinski definition) is 6. The standard InChI is InChI=1S/C26H19N5O3/c1-27-26(33)22-15-18(11-13-29-22)34-23-6-2-5-21-19(23)8-10-24(30-21)31-25(32)17-7-9-20-16(14-17)4-3-12-28-20/h2-15H,1H3,(H,27,33)(H,30,31,32). The molecule has 0 radical (unpaired) electrons. The van der Waals surface area contributed by atoms with Gasteiger partial charge in [0.15, 0.2) is 0 Å². The molecule has 5 aromatic rings. The van der Waals surface area contributed by atoms with Crippen molar-refractivity contribution in [2.45, 2.75) is 0 Å². The third-order valence-corrected chi connectivity index (χ3v) is 5.22. The highest BCUT2D eigenvalue weighted by Crippen LogP contribution is 2.30. The number of pyridine rings is 3. The Morgan fingerprint density at radius 3 is 2.62 bits per heavy atom. The van der Waals surface area contributed by atoms with E-state index in [0.29, 0.717) is 28.4 Å². The van der Waals surface area contributed by atoms with E-state index in [9.17, 15) is 9.59 Å². The molecule has 3 heterocycles. The van der Waals surface area contributed by atoms with Crippen LogP contribution in [0.5, 0.6) is 11.5 Å². The van der Waals surface area contributed by atoms with Crippen molar-refractivity contribution < 1.29 is 14.3 Å². The summed E-state index contributed by atoms with van der Waals surface area (Å²) in [5.74, 6) is 0.909. The summed E-state index contributed by atoms with van der Waals surface area (Å²) < 4.78 is 6.00. The molecular weight excluding hydrogens is 430 g/mol. The van der Waals surface area contributed by atoms with Gasteiger partial charge in [-0.1, -0.05) is 12.1 Å². The zero-order valence-electron chi connectivity index (χ0n) is 18.1. The number of ether oxygens (including phenoxy) is 1. The fourth-order valence-corrected chi connectivity index (χ4v) is 3.54. The Hall–Kier alpha value is -4.85. The second-order valence-electron chi connectivity index (χ2n) is 7.44. The number of benzene rings is 2. The molecule has 0 aliphatic carbocycles. The van der Waals surface area contributed by atoms with Crippen molar-refractivity contribution in [3.05, 3.63) is 96.4 Å². The average Bonchev–Trinajstić information content (AvgIpc) is 2.88. The van der Waals surface area contributed by atoms with E-state index in [4.69, 9.17) is 4.74 Å². The van der Waals surface area contributed by atoms with Crippen LogP contribution < -0.4 is 15.4 Å². The SMILES string of the molecule is CNC(=O)c1cc(Oc2cccc3nc(NC(=O)c4ccc5ncccc5c4)ccc23)ccn1. The molecule has 8 heteroatoms. The van der Waals surface area contributed by atoms with Crippen LogP contribution in [-0.2, 0) is 0 Å². The summed E-state index contributed by atoms with van der Waals surface area (Å²) in [7, 11) is 1.54. The molecule has 0 fully saturated rings. The molecule has 8 nitrogen and oxygen atoms in total. The van der Waals surface area contributed by atoms with Gasteiger partial charge in [0.2, 0.25) is 0 Å². The highest BCUT2D eigenvalue weighted by atomic mass is 16.5. The third-order valence-electron chi connectivity index (χ3n) is 5.22. The van der Waals surface area contributed by atoms with E-state index in [1.165, 1.54) is 6.20 Å². The molecule has 0 aliphatic heterocycles. The second-order valence-corrected chi connectivity index (χ2v) is 7.44.